The molecule has 1 unspecified atom stereocenters. The SMILES string of the molecule is CCOc1ccc(/C(O)=C2/C(=O)C(=O)N(CCCn3ccnc3)C2c2ccc(C(C)C)cc2)cc1Cl. The summed E-state index contributed by atoms with van der Waals surface area (Å²) in [5.74, 6) is -0.772. The maximum atomic E-state index is 13.3. The number of carbonyl (C=O) groups is 2. The van der Waals surface area contributed by atoms with Crippen LogP contribution in [0.15, 0.2) is 66.8 Å². The van der Waals surface area contributed by atoms with Crippen LogP contribution < -0.4 is 4.74 Å². The number of ether oxygens (including phenoxy) is 1. The first kappa shape index (κ1) is 25.5. The highest BCUT2D eigenvalue weighted by atomic mass is 35.5. The lowest BCUT2D eigenvalue weighted by Gasteiger charge is -2.26. The Morgan fingerprint density at radius 3 is 2.50 bits per heavy atom. The number of aryl methyl sites for hydroxylation is 1. The standard InChI is InChI=1S/C28H30ClN3O4/c1-4-36-23-11-10-21(16-22(23)29)26(33)24-25(20-8-6-19(7-9-20)18(2)3)32(28(35)27(24)34)14-5-13-31-15-12-30-17-31/h6-12,15-18,25,33H,4-5,13-14H2,1-3H3/b26-24-. The fraction of sp³-hybridized carbons (Fsp3) is 0.321. The maximum Gasteiger partial charge on any atom is 0.295 e. The molecule has 8 heteroatoms. The van der Waals surface area contributed by atoms with Crippen LogP contribution in [-0.4, -0.2) is 44.4 Å². The van der Waals surface area contributed by atoms with Gasteiger partial charge >= 0.3 is 0 Å². The normalized spacial score (nSPS) is 17.2. The van der Waals surface area contributed by atoms with Crippen LogP contribution in [0.3, 0.4) is 0 Å². The minimum atomic E-state index is -0.710. The number of aliphatic hydroxyl groups excluding tert-OH is 1. The molecule has 1 atom stereocenters. The van der Waals surface area contributed by atoms with Crippen molar-refractivity contribution in [2.45, 2.75) is 45.7 Å². The average molecular weight is 508 g/mol. The van der Waals surface area contributed by atoms with E-state index in [0.717, 1.165) is 11.1 Å². The van der Waals surface area contributed by atoms with Gasteiger partial charge in [-0.15, -0.1) is 0 Å². The number of amides is 1. The van der Waals surface area contributed by atoms with Crippen molar-refractivity contribution in [1.82, 2.24) is 14.5 Å². The molecule has 1 aliphatic heterocycles. The third kappa shape index (κ3) is 5.16. The molecular weight excluding hydrogens is 478 g/mol. The minimum Gasteiger partial charge on any atom is -0.507 e. The van der Waals surface area contributed by atoms with E-state index in [0.29, 0.717) is 48.4 Å². The molecule has 2 heterocycles. The Bertz CT molecular complexity index is 1270. The topological polar surface area (TPSA) is 84.7 Å². The van der Waals surface area contributed by atoms with Gasteiger partial charge < -0.3 is 19.3 Å². The number of carbonyl (C=O) groups excluding carboxylic acids is 2. The zero-order chi connectivity index (χ0) is 25.8. The Labute approximate surface area is 216 Å². The number of hydrogen-bond acceptors (Lipinski definition) is 5. The number of halogens is 1. The highest BCUT2D eigenvalue weighted by molar-refractivity contribution is 6.46. The Hall–Kier alpha value is -3.58. The van der Waals surface area contributed by atoms with E-state index in [-0.39, 0.29) is 11.3 Å². The van der Waals surface area contributed by atoms with E-state index in [1.54, 1.807) is 35.6 Å². The second-order valence-electron chi connectivity index (χ2n) is 9.05. The first-order valence-electron chi connectivity index (χ1n) is 12.1. The number of hydrogen-bond donors (Lipinski definition) is 1. The molecule has 1 aliphatic rings. The Morgan fingerprint density at radius 1 is 1.14 bits per heavy atom. The summed E-state index contributed by atoms with van der Waals surface area (Å²) in [6, 6.07) is 12.0. The summed E-state index contributed by atoms with van der Waals surface area (Å²) in [4.78, 5) is 32.0. The Morgan fingerprint density at radius 2 is 1.89 bits per heavy atom. The van der Waals surface area contributed by atoms with Crippen molar-refractivity contribution >= 4 is 29.1 Å². The van der Waals surface area contributed by atoms with Gasteiger partial charge in [0.15, 0.2) is 0 Å². The van der Waals surface area contributed by atoms with Crippen molar-refractivity contribution in [3.05, 3.63) is 88.5 Å². The number of nitrogens with zero attached hydrogens (tertiary/aromatic N) is 3. The van der Waals surface area contributed by atoms with Crippen LogP contribution in [0.2, 0.25) is 5.02 Å². The Kier molecular flexibility index (Phi) is 7.79. The van der Waals surface area contributed by atoms with Gasteiger partial charge in [-0.2, -0.15) is 0 Å². The van der Waals surface area contributed by atoms with E-state index in [1.165, 1.54) is 0 Å². The molecule has 0 spiro atoms. The minimum absolute atomic E-state index is 0.0557. The fourth-order valence-electron chi connectivity index (χ4n) is 4.44. The summed E-state index contributed by atoms with van der Waals surface area (Å²) in [6.45, 7) is 7.50. The average Bonchev–Trinajstić information content (AvgIpc) is 3.47. The molecule has 0 radical (unpaired) electrons. The number of rotatable bonds is 9. The van der Waals surface area contributed by atoms with Gasteiger partial charge in [0.2, 0.25) is 0 Å². The van der Waals surface area contributed by atoms with Gasteiger partial charge in [-0.3, -0.25) is 9.59 Å². The van der Waals surface area contributed by atoms with Crippen LogP contribution in [0.25, 0.3) is 5.76 Å². The predicted octanol–water partition coefficient (Wildman–Crippen LogP) is 5.57. The third-order valence-electron chi connectivity index (χ3n) is 6.34. The van der Waals surface area contributed by atoms with E-state index in [4.69, 9.17) is 16.3 Å². The molecule has 0 saturated carbocycles. The number of aromatic nitrogens is 2. The molecule has 0 bridgehead atoms. The first-order chi connectivity index (χ1) is 17.3. The smallest absolute Gasteiger partial charge is 0.295 e. The van der Waals surface area contributed by atoms with E-state index >= 15 is 0 Å². The molecule has 1 amide bonds. The summed E-state index contributed by atoms with van der Waals surface area (Å²) < 4.78 is 7.40. The maximum absolute atomic E-state index is 13.3. The molecule has 1 fully saturated rings. The van der Waals surface area contributed by atoms with Gasteiger partial charge in [-0.25, -0.2) is 4.98 Å². The zero-order valence-corrected chi connectivity index (χ0v) is 21.4. The third-order valence-corrected chi connectivity index (χ3v) is 6.63. The molecule has 188 valence electrons. The lowest BCUT2D eigenvalue weighted by atomic mass is 9.93. The van der Waals surface area contributed by atoms with Crippen molar-refractivity contribution in [3.8, 4) is 5.75 Å². The number of benzene rings is 2. The van der Waals surface area contributed by atoms with E-state index in [2.05, 4.69) is 18.8 Å². The van der Waals surface area contributed by atoms with Crippen LogP contribution in [0.1, 0.15) is 55.8 Å². The zero-order valence-electron chi connectivity index (χ0n) is 20.6. The summed E-state index contributed by atoms with van der Waals surface area (Å²) in [6.07, 6.45) is 5.89. The van der Waals surface area contributed by atoms with Gasteiger partial charge in [0.05, 0.1) is 29.6 Å². The first-order valence-corrected chi connectivity index (χ1v) is 12.5. The summed E-state index contributed by atoms with van der Waals surface area (Å²) in [5.41, 5.74) is 2.32. The molecule has 1 aromatic heterocycles. The van der Waals surface area contributed by atoms with Gasteiger partial charge in [-0.1, -0.05) is 49.7 Å². The van der Waals surface area contributed by atoms with Crippen LogP contribution in [0, 0.1) is 0 Å². The molecule has 1 saturated heterocycles. The number of Topliss-reactive ketones (excluding diaryl/α,β-unsaturated/α-hetero) is 1. The van der Waals surface area contributed by atoms with Crippen molar-refractivity contribution < 1.29 is 19.4 Å². The van der Waals surface area contributed by atoms with Gasteiger partial charge in [0.25, 0.3) is 11.7 Å². The van der Waals surface area contributed by atoms with Gasteiger partial charge in [-0.05, 0) is 48.6 Å². The number of ketones is 1. The molecular formula is C28H30ClN3O4. The molecule has 7 nitrogen and oxygen atoms in total. The van der Waals surface area contributed by atoms with Gasteiger partial charge in [0.1, 0.15) is 11.5 Å². The molecule has 36 heavy (non-hydrogen) atoms. The highest BCUT2D eigenvalue weighted by Gasteiger charge is 2.45. The Balaban J connectivity index is 1.74. The summed E-state index contributed by atoms with van der Waals surface area (Å²) in [5, 5.41) is 11.6. The van der Waals surface area contributed by atoms with Crippen LogP contribution >= 0.6 is 11.6 Å². The summed E-state index contributed by atoms with van der Waals surface area (Å²) in [7, 11) is 0. The lowest BCUT2D eigenvalue weighted by Crippen LogP contribution is -2.31. The molecule has 2 aromatic carbocycles. The van der Waals surface area contributed by atoms with Crippen molar-refractivity contribution in [2.24, 2.45) is 0 Å². The highest BCUT2D eigenvalue weighted by Crippen LogP contribution is 2.40. The molecule has 4 rings (SSSR count). The number of imidazole rings is 1. The second kappa shape index (κ2) is 11.0. The number of likely N-dealkylation sites (tertiary alicyclic amines) is 1. The largest absolute Gasteiger partial charge is 0.507 e. The van der Waals surface area contributed by atoms with Crippen molar-refractivity contribution in [2.75, 3.05) is 13.2 Å². The summed E-state index contributed by atoms with van der Waals surface area (Å²) >= 11 is 6.34. The second-order valence-corrected chi connectivity index (χ2v) is 9.45. The quantitative estimate of drug-likeness (QED) is 0.232. The van der Waals surface area contributed by atoms with E-state index in [1.807, 2.05) is 42.0 Å². The van der Waals surface area contributed by atoms with Crippen LogP contribution in [0.4, 0.5) is 0 Å². The molecule has 3 aromatic rings. The van der Waals surface area contributed by atoms with Crippen LogP contribution in [0.5, 0.6) is 5.75 Å². The monoisotopic (exact) mass is 507 g/mol. The van der Waals surface area contributed by atoms with E-state index < -0.39 is 17.7 Å². The van der Waals surface area contributed by atoms with Gasteiger partial charge in [0, 0.05) is 31.0 Å². The van der Waals surface area contributed by atoms with Crippen LogP contribution in [-0.2, 0) is 16.1 Å². The van der Waals surface area contributed by atoms with Crippen molar-refractivity contribution in [3.63, 3.8) is 0 Å². The van der Waals surface area contributed by atoms with Crippen molar-refractivity contribution in [1.29, 1.82) is 0 Å². The van der Waals surface area contributed by atoms with E-state index in [9.17, 15) is 14.7 Å². The molecule has 0 aliphatic carbocycles. The fourth-order valence-corrected chi connectivity index (χ4v) is 4.67. The lowest BCUT2D eigenvalue weighted by molar-refractivity contribution is -0.139. The predicted molar refractivity (Wildman–Crippen MR) is 139 cm³/mol. The number of aliphatic hydroxyl groups is 1. The molecule has 1 N–H and O–H groups in total.